The van der Waals surface area contributed by atoms with E-state index in [4.69, 9.17) is 11.6 Å². The number of aldehydes is 1. The quantitative estimate of drug-likeness (QED) is 0.659. The third-order valence-corrected chi connectivity index (χ3v) is 2.67. The van der Waals surface area contributed by atoms with Gasteiger partial charge in [-0.1, -0.05) is 11.6 Å². The van der Waals surface area contributed by atoms with E-state index in [0.29, 0.717) is 10.7 Å². The summed E-state index contributed by atoms with van der Waals surface area (Å²) in [7, 11) is 1.84. The van der Waals surface area contributed by atoms with Gasteiger partial charge in [-0.2, -0.15) is 0 Å². The number of fused-ring (bicyclic) bond motifs is 1. The summed E-state index contributed by atoms with van der Waals surface area (Å²) >= 11 is 6.10. The van der Waals surface area contributed by atoms with Crippen molar-refractivity contribution in [2.24, 2.45) is 7.05 Å². The van der Waals surface area contributed by atoms with Crippen molar-refractivity contribution in [3.63, 3.8) is 0 Å². The lowest BCUT2D eigenvalue weighted by molar-refractivity contribution is 0.111. The molecule has 0 N–H and O–H groups in total. The van der Waals surface area contributed by atoms with Crippen LogP contribution in [0.1, 0.15) is 16.1 Å². The molecule has 0 amide bonds. The molecule has 0 saturated heterocycles. The molecule has 0 saturated carbocycles. The number of carbonyl (C=O) groups is 1. The Hall–Kier alpha value is -1.28. The monoisotopic (exact) mass is 207 g/mol. The van der Waals surface area contributed by atoms with Gasteiger partial charge in [-0.15, -0.1) is 0 Å². The second kappa shape index (κ2) is 3.14. The van der Waals surface area contributed by atoms with Crippen molar-refractivity contribution >= 4 is 28.8 Å². The van der Waals surface area contributed by atoms with Crippen molar-refractivity contribution in [2.75, 3.05) is 0 Å². The second-order valence-electron chi connectivity index (χ2n) is 3.43. The number of rotatable bonds is 1. The molecule has 0 spiro atoms. The molecule has 2 nitrogen and oxygen atoms in total. The normalized spacial score (nSPS) is 10.8. The van der Waals surface area contributed by atoms with Gasteiger partial charge in [0, 0.05) is 12.4 Å². The molecule has 0 fully saturated rings. The van der Waals surface area contributed by atoms with Crippen LogP contribution >= 0.6 is 11.6 Å². The van der Waals surface area contributed by atoms with Gasteiger partial charge in [0.1, 0.15) is 0 Å². The number of aromatic nitrogens is 1. The molecule has 0 aliphatic rings. The minimum Gasteiger partial charge on any atom is -0.340 e. The first-order chi connectivity index (χ1) is 6.63. The minimum absolute atomic E-state index is 0.646. The fourth-order valence-corrected chi connectivity index (χ4v) is 2.13. The molecule has 0 aliphatic carbocycles. The van der Waals surface area contributed by atoms with E-state index in [9.17, 15) is 4.79 Å². The first-order valence-corrected chi connectivity index (χ1v) is 4.72. The van der Waals surface area contributed by atoms with Crippen molar-refractivity contribution in [2.45, 2.75) is 6.92 Å². The third kappa shape index (κ3) is 1.23. The molecule has 1 aromatic heterocycles. The van der Waals surface area contributed by atoms with E-state index in [-0.39, 0.29) is 0 Å². The Balaban J connectivity index is 2.92. The van der Waals surface area contributed by atoms with E-state index in [1.54, 1.807) is 0 Å². The van der Waals surface area contributed by atoms with Crippen LogP contribution in [0.4, 0.5) is 0 Å². The summed E-state index contributed by atoms with van der Waals surface area (Å²) in [5.74, 6) is 0. The van der Waals surface area contributed by atoms with Gasteiger partial charge in [-0.05, 0) is 30.7 Å². The third-order valence-electron chi connectivity index (χ3n) is 2.38. The Labute approximate surface area is 87.1 Å². The summed E-state index contributed by atoms with van der Waals surface area (Å²) in [6.45, 7) is 1.99. The Morgan fingerprint density at radius 1 is 1.36 bits per heavy atom. The molecule has 2 aromatic rings. The van der Waals surface area contributed by atoms with Crippen LogP contribution in [0.15, 0.2) is 18.2 Å². The summed E-state index contributed by atoms with van der Waals surface area (Å²) in [4.78, 5) is 10.7. The maximum atomic E-state index is 10.7. The predicted octanol–water partition coefficient (Wildman–Crippen LogP) is 2.95. The molecule has 0 bridgehead atoms. The largest absolute Gasteiger partial charge is 0.340 e. The molecule has 72 valence electrons. The summed E-state index contributed by atoms with van der Waals surface area (Å²) in [5, 5.41) is 1.70. The maximum absolute atomic E-state index is 10.7. The van der Waals surface area contributed by atoms with E-state index < -0.39 is 0 Å². The molecule has 14 heavy (non-hydrogen) atoms. The Kier molecular flexibility index (Phi) is 2.08. The molecule has 2 rings (SSSR count). The summed E-state index contributed by atoms with van der Waals surface area (Å²) in [5.41, 5.74) is 2.66. The van der Waals surface area contributed by atoms with E-state index in [1.807, 2.05) is 36.7 Å². The zero-order chi connectivity index (χ0) is 10.3. The molecular weight excluding hydrogens is 198 g/mol. The minimum atomic E-state index is 0.646. The molecular formula is C11H10ClNO. The number of hydrogen-bond donors (Lipinski definition) is 0. The SMILES string of the molecule is Cc1cc(Cl)c2c(c1)cc(C=O)n2C. The van der Waals surface area contributed by atoms with Crippen LogP contribution in [0.25, 0.3) is 10.9 Å². The number of hydrogen-bond acceptors (Lipinski definition) is 1. The lowest BCUT2D eigenvalue weighted by Gasteiger charge is -2.01. The van der Waals surface area contributed by atoms with E-state index in [2.05, 4.69) is 0 Å². The average Bonchev–Trinajstić information content (AvgIpc) is 2.42. The van der Waals surface area contributed by atoms with Crippen LogP contribution in [-0.2, 0) is 7.05 Å². The topological polar surface area (TPSA) is 22.0 Å². The van der Waals surface area contributed by atoms with E-state index in [1.165, 1.54) is 0 Å². The van der Waals surface area contributed by atoms with Crippen LogP contribution in [0.5, 0.6) is 0 Å². The van der Waals surface area contributed by atoms with Gasteiger partial charge in [0.25, 0.3) is 0 Å². The van der Waals surface area contributed by atoms with Gasteiger partial charge in [0.15, 0.2) is 6.29 Å². The Morgan fingerprint density at radius 2 is 2.07 bits per heavy atom. The molecule has 0 aliphatic heterocycles. The van der Waals surface area contributed by atoms with Gasteiger partial charge in [0.2, 0.25) is 0 Å². The number of halogens is 1. The molecule has 0 radical (unpaired) electrons. The number of benzene rings is 1. The maximum Gasteiger partial charge on any atom is 0.166 e. The smallest absolute Gasteiger partial charge is 0.166 e. The summed E-state index contributed by atoms with van der Waals surface area (Å²) in [6, 6.07) is 5.77. The van der Waals surface area contributed by atoms with Crippen LogP contribution < -0.4 is 0 Å². The van der Waals surface area contributed by atoms with Crippen LogP contribution in [0, 0.1) is 6.92 Å². The second-order valence-corrected chi connectivity index (χ2v) is 3.84. The molecule has 1 heterocycles. The van der Waals surface area contributed by atoms with Gasteiger partial charge < -0.3 is 4.57 Å². The summed E-state index contributed by atoms with van der Waals surface area (Å²) < 4.78 is 1.81. The highest BCUT2D eigenvalue weighted by Gasteiger charge is 2.08. The highest BCUT2D eigenvalue weighted by atomic mass is 35.5. The van der Waals surface area contributed by atoms with Crippen LogP contribution in [0.3, 0.4) is 0 Å². The van der Waals surface area contributed by atoms with E-state index >= 15 is 0 Å². The highest BCUT2D eigenvalue weighted by molar-refractivity contribution is 6.35. The molecule has 1 aromatic carbocycles. The van der Waals surface area contributed by atoms with Gasteiger partial charge in [0.05, 0.1) is 16.2 Å². The number of nitrogens with zero attached hydrogens (tertiary/aromatic N) is 1. The van der Waals surface area contributed by atoms with Crippen LogP contribution in [0.2, 0.25) is 5.02 Å². The fourth-order valence-electron chi connectivity index (χ4n) is 1.72. The lowest BCUT2D eigenvalue weighted by atomic mass is 10.2. The van der Waals surface area contributed by atoms with Gasteiger partial charge in [-0.25, -0.2) is 0 Å². The fraction of sp³-hybridized carbons (Fsp3) is 0.182. The zero-order valence-corrected chi connectivity index (χ0v) is 8.80. The van der Waals surface area contributed by atoms with Gasteiger partial charge >= 0.3 is 0 Å². The van der Waals surface area contributed by atoms with Crippen molar-refractivity contribution in [1.29, 1.82) is 0 Å². The van der Waals surface area contributed by atoms with E-state index in [0.717, 1.165) is 22.8 Å². The molecule has 3 heteroatoms. The number of carbonyl (C=O) groups excluding carboxylic acids is 1. The number of aryl methyl sites for hydroxylation is 2. The van der Waals surface area contributed by atoms with Crippen molar-refractivity contribution in [3.05, 3.63) is 34.5 Å². The van der Waals surface area contributed by atoms with Crippen molar-refractivity contribution < 1.29 is 4.79 Å². The lowest BCUT2D eigenvalue weighted by Crippen LogP contribution is -1.93. The highest BCUT2D eigenvalue weighted by Crippen LogP contribution is 2.27. The molecule has 0 atom stereocenters. The Morgan fingerprint density at radius 3 is 2.71 bits per heavy atom. The Bertz CT molecular complexity index is 513. The molecule has 0 unspecified atom stereocenters. The summed E-state index contributed by atoms with van der Waals surface area (Å²) in [6.07, 6.45) is 0.839. The zero-order valence-electron chi connectivity index (χ0n) is 8.04. The predicted molar refractivity (Wildman–Crippen MR) is 58.1 cm³/mol. The van der Waals surface area contributed by atoms with Crippen molar-refractivity contribution in [3.8, 4) is 0 Å². The average molecular weight is 208 g/mol. The van der Waals surface area contributed by atoms with Gasteiger partial charge in [-0.3, -0.25) is 4.79 Å². The van der Waals surface area contributed by atoms with Crippen LogP contribution in [-0.4, -0.2) is 10.9 Å². The first kappa shape index (κ1) is 9.28. The van der Waals surface area contributed by atoms with Crippen molar-refractivity contribution in [1.82, 2.24) is 4.57 Å². The first-order valence-electron chi connectivity index (χ1n) is 4.34. The standard InChI is InChI=1S/C11H10ClNO/c1-7-3-8-5-9(6-14)13(2)11(8)10(12)4-7/h3-6H,1-2H3.